The number of phenols is 2. The minimum atomic E-state index is -1.62. The molecule has 0 aromatic heterocycles. The standard InChI is InChI=1S/C42H61N7O13/c1-6-7-8-9-10-11-12-13-14-15-34(52)47(4)32(23-50)40(57)44-24(2)38(55)43-22-35(53)48(5)36-27-16-17-33(51)28(21-27)29-18-26(20-31(37(29)54)49(61)62)19-30(42(59)60)46-39(56)25(3)45-41(36)58/h16-18,20-21,24-25,30,32,36,49-51,54,61H,6-15,19,22-23H2,1-5H3,(H,43,55)(H,44,57)(H,45,58)(H,46,56)(H,59,60)/t24-,25+,30+,32-,36-/m1/s1. The molecule has 1 aliphatic heterocycles. The number of benzene rings is 2. The summed E-state index contributed by atoms with van der Waals surface area (Å²) in [5.41, 5.74) is -1.01. The molecule has 20 heteroatoms. The van der Waals surface area contributed by atoms with Crippen LogP contribution in [0.5, 0.6) is 11.5 Å². The van der Waals surface area contributed by atoms with E-state index in [2.05, 4.69) is 28.2 Å². The molecule has 20 nitrogen and oxygen atoms in total. The maximum atomic E-state index is 13.9. The largest absolute Gasteiger partial charge is 0.595 e. The Morgan fingerprint density at radius 1 is 0.887 bits per heavy atom. The summed E-state index contributed by atoms with van der Waals surface area (Å²) >= 11 is 0. The van der Waals surface area contributed by atoms with Gasteiger partial charge in [-0.3, -0.25) is 28.8 Å². The van der Waals surface area contributed by atoms with Gasteiger partial charge in [0.05, 0.1) is 13.2 Å². The van der Waals surface area contributed by atoms with Crippen LogP contribution in [0.25, 0.3) is 11.1 Å². The highest BCUT2D eigenvalue weighted by Crippen LogP contribution is 2.41. The lowest BCUT2D eigenvalue weighted by atomic mass is 9.93. The van der Waals surface area contributed by atoms with E-state index in [0.29, 0.717) is 6.42 Å². The van der Waals surface area contributed by atoms with E-state index in [0.717, 1.165) is 47.6 Å². The van der Waals surface area contributed by atoms with Crippen LogP contribution >= 0.6 is 0 Å². The minimum Gasteiger partial charge on any atom is -0.595 e. The van der Waals surface area contributed by atoms with Gasteiger partial charge in [-0.1, -0.05) is 64.4 Å². The smallest absolute Gasteiger partial charge is 0.326 e. The number of hydrogen-bond donors (Lipinski definition) is 10. The third kappa shape index (κ3) is 13.8. The molecular weight excluding hydrogens is 810 g/mol. The van der Waals surface area contributed by atoms with Crippen LogP contribution in [0.4, 0.5) is 5.69 Å². The predicted octanol–water partition coefficient (Wildman–Crippen LogP) is 0.659. The molecule has 0 saturated carbocycles. The molecule has 1 aliphatic rings. The molecule has 0 radical (unpaired) electrons. The number of fused-ring (bicyclic) bond motifs is 5. The normalized spacial score (nSPS) is 17.9. The van der Waals surface area contributed by atoms with Crippen LogP contribution in [0.2, 0.25) is 0 Å². The lowest BCUT2D eigenvalue weighted by Crippen LogP contribution is -2.99. The van der Waals surface area contributed by atoms with E-state index in [9.17, 15) is 64.4 Å². The van der Waals surface area contributed by atoms with Crippen molar-refractivity contribution in [3.63, 3.8) is 0 Å². The van der Waals surface area contributed by atoms with Crippen LogP contribution in [0.3, 0.4) is 0 Å². The molecule has 0 spiro atoms. The molecule has 0 aliphatic carbocycles. The van der Waals surface area contributed by atoms with Crippen LogP contribution in [0, 0.1) is 5.21 Å². The molecule has 342 valence electrons. The summed E-state index contributed by atoms with van der Waals surface area (Å²) in [7, 11) is 2.60. The number of carbonyl (C=O) groups excluding carboxylic acids is 6. The van der Waals surface area contributed by atoms with Gasteiger partial charge in [0.25, 0.3) is 0 Å². The van der Waals surface area contributed by atoms with Crippen molar-refractivity contribution >= 4 is 47.1 Å². The van der Waals surface area contributed by atoms with E-state index < -0.39 is 108 Å². The molecule has 3 rings (SSSR count). The summed E-state index contributed by atoms with van der Waals surface area (Å²) in [6, 6.07) is -1.24. The molecule has 10 N–H and O–H groups in total. The second-order valence-corrected chi connectivity index (χ2v) is 15.6. The molecule has 4 bridgehead atoms. The van der Waals surface area contributed by atoms with Gasteiger partial charge in [0.2, 0.25) is 41.1 Å². The van der Waals surface area contributed by atoms with E-state index in [1.165, 1.54) is 71.8 Å². The Morgan fingerprint density at radius 3 is 2.11 bits per heavy atom. The Labute approximate surface area is 360 Å². The molecular formula is C42H61N7O13. The van der Waals surface area contributed by atoms with Gasteiger partial charge >= 0.3 is 5.97 Å². The molecule has 62 heavy (non-hydrogen) atoms. The molecule has 1 unspecified atom stereocenters. The van der Waals surface area contributed by atoms with Crippen LogP contribution in [-0.2, 0) is 40.0 Å². The molecule has 6 amide bonds. The number of rotatable bonds is 20. The third-order valence-corrected chi connectivity index (χ3v) is 10.9. The zero-order chi connectivity index (χ0) is 46.3. The van der Waals surface area contributed by atoms with Crippen molar-refractivity contribution in [1.29, 1.82) is 0 Å². The van der Waals surface area contributed by atoms with E-state index >= 15 is 0 Å². The van der Waals surface area contributed by atoms with Crippen LogP contribution in [0.15, 0.2) is 30.3 Å². The van der Waals surface area contributed by atoms with E-state index in [1.807, 2.05) is 0 Å². The van der Waals surface area contributed by atoms with Crippen molar-refractivity contribution < 1.29 is 64.4 Å². The van der Waals surface area contributed by atoms with Gasteiger partial charge in [-0.2, -0.15) is 5.23 Å². The Morgan fingerprint density at radius 2 is 1.52 bits per heavy atom. The molecule has 1 heterocycles. The number of carboxylic acids is 1. The van der Waals surface area contributed by atoms with Gasteiger partial charge in [0, 0.05) is 44.1 Å². The maximum Gasteiger partial charge on any atom is 0.326 e. The number of aliphatic carboxylic acids is 1. The first-order valence-electron chi connectivity index (χ1n) is 20.8. The Hall–Kier alpha value is -5.83. The van der Waals surface area contributed by atoms with Gasteiger partial charge in [0.1, 0.15) is 36.0 Å². The summed E-state index contributed by atoms with van der Waals surface area (Å²) < 4.78 is 0. The number of quaternary nitrogens is 1. The topological polar surface area (TPSA) is 303 Å². The fourth-order valence-electron chi connectivity index (χ4n) is 7.04. The zero-order valence-electron chi connectivity index (χ0n) is 35.9. The second kappa shape index (κ2) is 24.0. The first-order valence-corrected chi connectivity index (χ1v) is 20.8. The lowest BCUT2D eigenvalue weighted by molar-refractivity contribution is -0.991. The number of aromatic hydroxyl groups is 2. The van der Waals surface area contributed by atoms with E-state index in [-0.39, 0.29) is 34.6 Å². The summed E-state index contributed by atoms with van der Waals surface area (Å²) in [6.45, 7) is 3.33. The number of unbranched alkanes of at least 4 members (excludes halogenated alkanes) is 8. The molecule has 2 aromatic carbocycles. The van der Waals surface area contributed by atoms with Crippen molar-refractivity contribution in [3.8, 4) is 22.6 Å². The summed E-state index contributed by atoms with van der Waals surface area (Å²) in [4.78, 5) is 93.9. The van der Waals surface area contributed by atoms with E-state index in [4.69, 9.17) is 0 Å². The van der Waals surface area contributed by atoms with Gasteiger partial charge < -0.3 is 56.7 Å². The number of aliphatic hydroxyl groups excluding tert-OH is 1. The molecule has 2 aromatic rings. The lowest BCUT2D eigenvalue weighted by Gasteiger charge is -2.30. The first kappa shape index (κ1) is 50.5. The number of carboxylic acid groups (broad SMARTS) is 1. The van der Waals surface area contributed by atoms with Crippen molar-refractivity contribution in [2.24, 2.45) is 0 Å². The number of hydrogen-bond acceptors (Lipinski definition) is 12. The van der Waals surface area contributed by atoms with Crippen molar-refractivity contribution in [2.45, 2.75) is 122 Å². The van der Waals surface area contributed by atoms with Crippen LogP contribution < -0.4 is 26.5 Å². The third-order valence-electron chi connectivity index (χ3n) is 10.9. The molecule has 6 atom stereocenters. The number of amides is 6. The maximum absolute atomic E-state index is 13.9. The van der Waals surface area contributed by atoms with Crippen LogP contribution in [0.1, 0.15) is 102 Å². The Balaban J connectivity index is 1.77. The predicted molar refractivity (Wildman–Crippen MR) is 223 cm³/mol. The molecule has 0 fully saturated rings. The fraction of sp³-hybridized carbons (Fsp3) is 0.548. The number of nitrogens with zero attached hydrogens (tertiary/aromatic N) is 2. The van der Waals surface area contributed by atoms with Crippen LogP contribution in [-0.4, -0.2) is 128 Å². The minimum absolute atomic E-state index is 0.0133. The number of phenolic OH excluding ortho intramolecular Hbond substituents is 2. The quantitative estimate of drug-likeness (QED) is 0.0498. The number of carbonyl (C=O) groups is 7. The molecule has 0 saturated heterocycles. The summed E-state index contributed by atoms with van der Waals surface area (Å²) in [6.07, 6.45) is 9.28. The highest BCUT2D eigenvalue weighted by atomic mass is 16.8. The Kier molecular flexibility index (Phi) is 19.5. The summed E-state index contributed by atoms with van der Waals surface area (Å²) in [5.74, 6) is -7.48. The second-order valence-electron chi connectivity index (χ2n) is 15.6. The van der Waals surface area contributed by atoms with Gasteiger partial charge in [-0.05, 0) is 49.6 Å². The first-order chi connectivity index (χ1) is 29.3. The number of aliphatic hydroxyl groups is 1. The number of likely N-dealkylation sites (N-methyl/N-ethyl adjacent to an activating group) is 2. The number of nitrogens with one attached hydrogen (secondary N) is 5. The van der Waals surface area contributed by atoms with Crippen molar-refractivity contribution in [3.05, 3.63) is 46.7 Å². The highest BCUT2D eigenvalue weighted by molar-refractivity contribution is 5.96. The van der Waals surface area contributed by atoms with Crippen molar-refractivity contribution in [2.75, 3.05) is 27.2 Å². The van der Waals surface area contributed by atoms with Gasteiger partial charge in [0.15, 0.2) is 5.75 Å². The van der Waals surface area contributed by atoms with Gasteiger partial charge in [-0.15, -0.1) is 0 Å². The summed E-state index contributed by atoms with van der Waals surface area (Å²) in [5, 5.41) is 71.7. The monoisotopic (exact) mass is 871 g/mol. The SMILES string of the molecule is CCCCCCCCCCCC(=O)N(C)[C@H](CO)C(=O)N[C@H](C)C(=O)NCC(=O)N(C)[C@H]1C(=O)N[C@@H](C)C(=O)N[C@H](C(=O)O)Cc2cc(c(O)c([NH+]([O-])O)c2)-c2cc1ccc2O. The van der Waals surface area contributed by atoms with E-state index in [1.54, 1.807) is 0 Å². The highest BCUT2D eigenvalue weighted by Gasteiger charge is 2.34. The Bertz CT molecular complexity index is 1930. The average Bonchev–Trinajstić information content (AvgIpc) is 3.22. The van der Waals surface area contributed by atoms with Crippen molar-refractivity contribution in [1.82, 2.24) is 31.1 Å². The average molecular weight is 872 g/mol. The fourth-order valence-corrected chi connectivity index (χ4v) is 7.04. The zero-order valence-corrected chi connectivity index (χ0v) is 35.9. The van der Waals surface area contributed by atoms with Gasteiger partial charge in [-0.25, -0.2) is 10.0 Å².